The quantitative estimate of drug-likeness (QED) is 0.599. The molecule has 3 heteroatoms. The van der Waals surface area contributed by atoms with Crippen molar-refractivity contribution in [1.29, 1.82) is 0 Å². The van der Waals surface area contributed by atoms with Crippen molar-refractivity contribution >= 4 is 0 Å². The summed E-state index contributed by atoms with van der Waals surface area (Å²) >= 11 is 0. The van der Waals surface area contributed by atoms with Crippen LogP contribution in [0.4, 0.5) is 0 Å². The first-order valence-electron chi connectivity index (χ1n) is 7.20. The van der Waals surface area contributed by atoms with Gasteiger partial charge in [0.1, 0.15) is 0 Å². The Morgan fingerprint density at radius 1 is 1.00 bits per heavy atom. The number of nitrogens with zero attached hydrogens (tertiary/aromatic N) is 2. The lowest BCUT2D eigenvalue weighted by Crippen LogP contribution is -2.30. The Hall–Kier alpha value is -0.120. The van der Waals surface area contributed by atoms with E-state index in [2.05, 4.69) is 50.0 Å². The van der Waals surface area contributed by atoms with E-state index in [1.54, 1.807) is 0 Å². The van der Waals surface area contributed by atoms with Crippen LogP contribution in [0.1, 0.15) is 40.0 Å². The first kappa shape index (κ1) is 16.9. The van der Waals surface area contributed by atoms with Gasteiger partial charge in [0.15, 0.2) is 0 Å². The highest BCUT2D eigenvalue weighted by Crippen LogP contribution is 2.00. The predicted molar refractivity (Wildman–Crippen MR) is 77.7 cm³/mol. The molecule has 1 N–H and O–H groups in total. The first-order chi connectivity index (χ1) is 8.10. The monoisotopic (exact) mass is 243 g/mol. The Kier molecular flexibility index (Phi) is 10.9. The maximum atomic E-state index is 3.47. The summed E-state index contributed by atoms with van der Waals surface area (Å²) in [7, 11) is 4.29. The Labute approximate surface area is 109 Å². The lowest BCUT2D eigenvalue weighted by molar-refractivity contribution is 0.258. The molecule has 0 aliphatic heterocycles. The van der Waals surface area contributed by atoms with Gasteiger partial charge in [-0.2, -0.15) is 0 Å². The van der Waals surface area contributed by atoms with E-state index in [0.717, 1.165) is 6.54 Å². The van der Waals surface area contributed by atoms with Crippen molar-refractivity contribution < 1.29 is 0 Å². The number of nitrogens with one attached hydrogen (secondary N) is 1. The van der Waals surface area contributed by atoms with Crippen molar-refractivity contribution in [2.75, 3.05) is 46.8 Å². The second-order valence-corrected chi connectivity index (χ2v) is 5.19. The van der Waals surface area contributed by atoms with Crippen LogP contribution in [-0.2, 0) is 0 Å². The van der Waals surface area contributed by atoms with Gasteiger partial charge < -0.3 is 15.1 Å². The third-order valence-electron chi connectivity index (χ3n) is 3.19. The average Bonchev–Trinajstić information content (AvgIpc) is 2.27. The van der Waals surface area contributed by atoms with Crippen molar-refractivity contribution in [3.05, 3.63) is 0 Å². The van der Waals surface area contributed by atoms with Crippen molar-refractivity contribution in [1.82, 2.24) is 15.1 Å². The molecule has 0 aromatic carbocycles. The van der Waals surface area contributed by atoms with Gasteiger partial charge >= 0.3 is 0 Å². The van der Waals surface area contributed by atoms with Gasteiger partial charge in [-0.3, -0.25) is 0 Å². The largest absolute Gasteiger partial charge is 0.315 e. The average molecular weight is 243 g/mol. The van der Waals surface area contributed by atoms with Crippen LogP contribution in [0.25, 0.3) is 0 Å². The summed E-state index contributed by atoms with van der Waals surface area (Å²) in [4.78, 5) is 4.84. The van der Waals surface area contributed by atoms with Gasteiger partial charge in [0.2, 0.25) is 0 Å². The highest BCUT2D eigenvalue weighted by molar-refractivity contribution is 4.62. The van der Waals surface area contributed by atoms with Crippen LogP contribution in [0.2, 0.25) is 0 Å². The Bertz CT molecular complexity index is 160. The molecule has 0 rings (SSSR count). The van der Waals surface area contributed by atoms with Crippen molar-refractivity contribution in [2.45, 2.75) is 46.1 Å². The maximum absolute atomic E-state index is 3.47. The van der Waals surface area contributed by atoms with Crippen molar-refractivity contribution in [2.24, 2.45) is 0 Å². The summed E-state index contributed by atoms with van der Waals surface area (Å²) in [5.74, 6) is 0. The van der Waals surface area contributed by atoms with E-state index in [1.165, 1.54) is 45.4 Å². The van der Waals surface area contributed by atoms with E-state index in [0.29, 0.717) is 6.04 Å². The molecule has 1 unspecified atom stereocenters. The summed E-state index contributed by atoms with van der Waals surface area (Å²) in [6.07, 6.45) is 3.88. The fourth-order valence-corrected chi connectivity index (χ4v) is 2.11. The van der Waals surface area contributed by atoms with Crippen LogP contribution in [0.15, 0.2) is 0 Å². The minimum absolute atomic E-state index is 0.667. The summed E-state index contributed by atoms with van der Waals surface area (Å²) in [5.41, 5.74) is 0. The maximum Gasteiger partial charge on any atom is 0.00390 e. The molecule has 0 amide bonds. The zero-order valence-corrected chi connectivity index (χ0v) is 12.6. The van der Waals surface area contributed by atoms with Gasteiger partial charge in [0, 0.05) is 6.04 Å². The molecular formula is C14H33N3. The molecule has 0 bridgehead atoms. The number of hydrogen-bond acceptors (Lipinski definition) is 3. The third kappa shape index (κ3) is 10.7. The normalized spacial score (nSPS) is 13.6. The molecule has 0 aromatic rings. The highest BCUT2D eigenvalue weighted by Gasteiger charge is 2.04. The van der Waals surface area contributed by atoms with E-state index in [-0.39, 0.29) is 0 Å². The second-order valence-electron chi connectivity index (χ2n) is 5.19. The second kappa shape index (κ2) is 11.0. The standard InChI is InChI=1S/C14H33N3/c1-6-15-14(3)10-8-12-17(7-2)13-9-11-16(4)5/h14-15H,6-13H2,1-5H3. The molecule has 0 aromatic heterocycles. The minimum Gasteiger partial charge on any atom is -0.315 e. The molecule has 0 aliphatic carbocycles. The predicted octanol–water partition coefficient (Wildman–Crippen LogP) is 2.04. The van der Waals surface area contributed by atoms with Gasteiger partial charge in [-0.15, -0.1) is 0 Å². The molecule has 1 atom stereocenters. The van der Waals surface area contributed by atoms with Gasteiger partial charge in [0.25, 0.3) is 0 Å². The van der Waals surface area contributed by atoms with Crippen LogP contribution < -0.4 is 5.32 Å². The number of hydrogen-bond donors (Lipinski definition) is 1. The molecule has 0 heterocycles. The Balaban J connectivity index is 3.53. The zero-order valence-electron chi connectivity index (χ0n) is 12.6. The van der Waals surface area contributed by atoms with Crippen LogP contribution in [0.5, 0.6) is 0 Å². The molecule has 0 aliphatic rings. The lowest BCUT2D eigenvalue weighted by Gasteiger charge is -2.22. The topological polar surface area (TPSA) is 18.5 Å². The Morgan fingerprint density at radius 2 is 1.65 bits per heavy atom. The fraction of sp³-hybridized carbons (Fsp3) is 1.00. The molecule has 104 valence electrons. The van der Waals surface area contributed by atoms with E-state index in [9.17, 15) is 0 Å². The lowest BCUT2D eigenvalue weighted by atomic mass is 10.1. The van der Waals surface area contributed by atoms with Gasteiger partial charge in [-0.25, -0.2) is 0 Å². The summed E-state index contributed by atoms with van der Waals surface area (Å²) in [6.45, 7) is 12.7. The molecule has 0 saturated carbocycles. The van der Waals surface area contributed by atoms with Crippen LogP contribution in [0, 0.1) is 0 Å². The number of rotatable bonds is 11. The van der Waals surface area contributed by atoms with Crippen LogP contribution in [0.3, 0.4) is 0 Å². The van der Waals surface area contributed by atoms with Crippen molar-refractivity contribution in [3.63, 3.8) is 0 Å². The molecule has 3 nitrogen and oxygen atoms in total. The van der Waals surface area contributed by atoms with Crippen LogP contribution in [-0.4, -0.2) is 62.7 Å². The molecule has 0 saturated heterocycles. The fourth-order valence-electron chi connectivity index (χ4n) is 2.11. The Morgan fingerprint density at radius 3 is 2.18 bits per heavy atom. The molecule has 0 spiro atoms. The van der Waals surface area contributed by atoms with Gasteiger partial charge in [-0.1, -0.05) is 13.8 Å². The minimum atomic E-state index is 0.667. The summed E-state index contributed by atoms with van der Waals surface area (Å²) in [5, 5.41) is 3.47. The molecular weight excluding hydrogens is 210 g/mol. The first-order valence-corrected chi connectivity index (χ1v) is 7.20. The molecule has 0 fully saturated rings. The summed E-state index contributed by atoms with van der Waals surface area (Å²) < 4.78 is 0. The van der Waals surface area contributed by atoms with Gasteiger partial charge in [0.05, 0.1) is 0 Å². The van der Waals surface area contributed by atoms with Gasteiger partial charge in [-0.05, 0) is 73.0 Å². The van der Waals surface area contributed by atoms with E-state index in [4.69, 9.17) is 0 Å². The van der Waals surface area contributed by atoms with Crippen molar-refractivity contribution in [3.8, 4) is 0 Å². The molecule has 17 heavy (non-hydrogen) atoms. The van der Waals surface area contributed by atoms with Crippen LogP contribution >= 0.6 is 0 Å². The van der Waals surface area contributed by atoms with E-state index in [1.807, 2.05) is 0 Å². The third-order valence-corrected chi connectivity index (χ3v) is 3.19. The summed E-state index contributed by atoms with van der Waals surface area (Å²) in [6, 6.07) is 0.667. The highest BCUT2D eigenvalue weighted by atomic mass is 15.1. The zero-order chi connectivity index (χ0) is 13.1. The van der Waals surface area contributed by atoms with E-state index < -0.39 is 0 Å². The van der Waals surface area contributed by atoms with E-state index >= 15 is 0 Å². The smallest absolute Gasteiger partial charge is 0.00390 e. The molecule has 0 radical (unpaired) electrons. The SMILES string of the molecule is CCNC(C)CCCN(CC)CCCN(C)C.